The van der Waals surface area contributed by atoms with E-state index in [1.807, 2.05) is 30.3 Å². The predicted octanol–water partition coefficient (Wildman–Crippen LogP) is 1.98. The van der Waals surface area contributed by atoms with Crippen LogP contribution in [0, 0.1) is 0 Å². The molecule has 19 heavy (non-hydrogen) atoms. The summed E-state index contributed by atoms with van der Waals surface area (Å²) in [5, 5.41) is 11.4. The summed E-state index contributed by atoms with van der Waals surface area (Å²) in [4.78, 5) is 11.9. The van der Waals surface area contributed by atoms with Gasteiger partial charge < -0.3 is 10.4 Å². The molecule has 0 saturated carbocycles. The van der Waals surface area contributed by atoms with Gasteiger partial charge in [-0.25, -0.2) is 0 Å². The Labute approximate surface area is 111 Å². The molecular weight excluding hydrogens is 238 g/mol. The van der Waals surface area contributed by atoms with Crippen LogP contribution in [0.2, 0.25) is 0 Å². The van der Waals surface area contributed by atoms with E-state index in [1.165, 1.54) is 22.3 Å². The second kappa shape index (κ2) is 4.86. The molecule has 2 aromatic carbocycles. The highest BCUT2D eigenvalue weighted by atomic mass is 16.3. The molecule has 1 aliphatic rings. The van der Waals surface area contributed by atoms with Crippen molar-refractivity contribution in [1.82, 2.24) is 5.32 Å². The second-order valence-electron chi connectivity index (χ2n) is 4.69. The molecular formula is C16H15NO2. The van der Waals surface area contributed by atoms with Crippen LogP contribution in [-0.4, -0.2) is 24.2 Å². The number of carbonyl (C=O) groups is 1. The summed E-state index contributed by atoms with van der Waals surface area (Å²) in [6.07, 6.45) is 0.882. The van der Waals surface area contributed by atoms with Gasteiger partial charge in [0, 0.05) is 12.1 Å². The van der Waals surface area contributed by atoms with Crippen molar-refractivity contribution >= 4 is 5.91 Å². The zero-order valence-corrected chi connectivity index (χ0v) is 10.5. The number of aliphatic hydroxyl groups is 1. The molecule has 0 bridgehead atoms. The minimum absolute atomic E-state index is 0.0396. The first kappa shape index (κ1) is 11.9. The van der Waals surface area contributed by atoms with Crippen molar-refractivity contribution in [2.24, 2.45) is 0 Å². The molecule has 0 radical (unpaired) electrons. The Bertz CT molecular complexity index is 634. The molecule has 1 amide bonds. The number of carbonyl (C=O) groups excluding carboxylic acids is 1. The Hall–Kier alpha value is -2.13. The van der Waals surface area contributed by atoms with Crippen LogP contribution in [0.3, 0.4) is 0 Å². The van der Waals surface area contributed by atoms with Crippen LogP contribution in [-0.2, 0) is 6.42 Å². The van der Waals surface area contributed by atoms with E-state index in [2.05, 4.69) is 17.4 Å². The summed E-state index contributed by atoms with van der Waals surface area (Å²) in [5.41, 5.74) is 5.64. The SMILES string of the molecule is O=C(NCCO)c1ccc2c(c1)Cc1ccccc1-2. The van der Waals surface area contributed by atoms with E-state index in [1.54, 1.807) is 0 Å². The van der Waals surface area contributed by atoms with Crippen molar-refractivity contribution in [1.29, 1.82) is 0 Å². The number of hydrogen-bond acceptors (Lipinski definition) is 2. The summed E-state index contributed by atoms with van der Waals surface area (Å²) in [5.74, 6) is -0.132. The van der Waals surface area contributed by atoms with Crippen molar-refractivity contribution in [3.8, 4) is 11.1 Å². The molecule has 2 N–H and O–H groups in total. The lowest BCUT2D eigenvalue weighted by atomic mass is 10.0. The molecule has 2 aromatic rings. The lowest BCUT2D eigenvalue weighted by molar-refractivity contribution is 0.0944. The monoisotopic (exact) mass is 253 g/mol. The van der Waals surface area contributed by atoms with Crippen LogP contribution in [0.4, 0.5) is 0 Å². The first-order chi connectivity index (χ1) is 9.29. The average Bonchev–Trinajstić information content (AvgIpc) is 2.82. The molecule has 0 saturated heterocycles. The third kappa shape index (κ3) is 2.13. The van der Waals surface area contributed by atoms with Crippen LogP contribution in [0.15, 0.2) is 42.5 Å². The Morgan fingerprint density at radius 1 is 1.11 bits per heavy atom. The number of benzene rings is 2. The normalized spacial score (nSPS) is 11.8. The molecule has 96 valence electrons. The number of hydrogen-bond donors (Lipinski definition) is 2. The predicted molar refractivity (Wildman–Crippen MR) is 74.1 cm³/mol. The van der Waals surface area contributed by atoms with E-state index in [0.29, 0.717) is 5.56 Å². The minimum Gasteiger partial charge on any atom is -0.395 e. The van der Waals surface area contributed by atoms with Crippen molar-refractivity contribution < 1.29 is 9.90 Å². The molecule has 0 atom stereocenters. The van der Waals surface area contributed by atoms with Gasteiger partial charge in [-0.2, -0.15) is 0 Å². The molecule has 0 fully saturated rings. The van der Waals surface area contributed by atoms with Gasteiger partial charge in [-0.15, -0.1) is 0 Å². The van der Waals surface area contributed by atoms with Crippen molar-refractivity contribution in [2.75, 3.05) is 13.2 Å². The molecule has 3 rings (SSSR count). The van der Waals surface area contributed by atoms with Gasteiger partial charge >= 0.3 is 0 Å². The number of fused-ring (bicyclic) bond motifs is 3. The van der Waals surface area contributed by atoms with E-state index >= 15 is 0 Å². The molecule has 3 nitrogen and oxygen atoms in total. The molecule has 0 spiro atoms. The summed E-state index contributed by atoms with van der Waals surface area (Å²) < 4.78 is 0. The number of aliphatic hydroxyl groups excluding tert-OH is 1. The first-order valence-electron chi connectivity index (χ1n) is 6.40. The fourth-order valence-corrected chi connectivity index (χ4v) is 2.56. The fraction of sp³-hybridized carbons (Fsp3) is 0.188. The maximum Gasteiger partial charge on any atom is 0.251 e. The van der Waals surface area contributed by atoms with Crippen LogP contribution < -0.4 is 5.32 Å². The number of amides is 1. The standard InChI is InChI=1S/C16H15NO2/c18-8-7-17-16(19)12-5-6-15-13(10-12)9-11-3-1-2-4-14(11)15/h1-6,10,18H,7-9H2,(H,17,19). The second-order valence-corrected chi connectivity index (χ2v) is 4.69. The quantitative estimate of drug-likeness (QED) is 0.750. The van der Waals surface area contributed by atoms with Crippen LogP contribution >= 0.6 is 0 Å². The van der Waals surface area contributed by atoms with E-state index in [0.717, 1.165) is 6.42 Å². The molecule has 0 unspecified atom stereocenters. The third-order valence-electron chi connectivity index (χ3n) is 3.45. The zero-order valence-electron chi connectivity index (χ0n) is 10.5. The van der Waals surface area contributed by atoms with E-state index in [-0.39, 0.29) is 19.1 Å². The Balaban J connectivity index is 1.91. The van der Waals surface area contributed by atoms with Crippen LogP contribution in [0.25, 0.3) is 11.1 Å². The van der Waals surface area contributed by atoms with E-state index in [4.69, 9.17) is 5.11 Å². The van der Waals surface area contributed by atoms with Crippen molar-refractivity contribution in [3.63, 3.8) is 0 Å². The lowest BCUT2D eigenvalue weighted by Gasteiger charge is -2.06. The molecule has 0 aliphatic heterocycles. The number of rotatable bonds is 3. The number of nitrogens with one attached hydrogen (secondary N) is 1. The third-order valence-corrected chi connectivity index (χ3v) is 3.45. The maximum absolute atomic E-state index is 11.9. The fourth-order valence-electron chi connectivity index (χ4n) is 2.56. The van der Waals surface area contributed by atoms with E-state index in [9.17, 15) is 4.79 Å². The van der Waals surface area contributed by atoms with Crippen LogP contribution in [0.5, 0.6) is 0 Å². The van der Waals surface area contributed by atoms with E-state index < -0.39 is 0 Å². The molecule has 1 aliphatic carbocycles. The summed E-state index contributed by atoms with van der Waals surface area (Å²) in [6.45, 7) is 0.248. The molecule has 0 aromatic heterocycles. The Morgan fingerprint density at radius 2 is 1.89 bits per heavy atom. The topological polar surface area (TPSA) is 49.3 Å². The molecule has 3 heteroatoms. The molecule has 0 heterocycles. The Morgan fingerprint density at radius 3 is 2.74 bits per heavy atom. The highest BCUT2D eigenvalue weighted by Gasteiger charge is 2.19. The minimum atomic E-state index is -0.132. The van der Waals surface area contributed by atoms with Gasteiger partial charge in [-0.1, -0.05) is 30.3 Å². The summed E-state index contributed by atoms with van der Waals surface area (Å²) >= 11 is 0. The highest BCUT2D eigenvalue weighted by Crippen LogP contribution is 2.36. The summed E-state index contributed by atoms with van der Waals surface area (Å²) in [6, 6.07) is 14.1. The average molecular weight is 253 g/mol. The summed E-state index contributed by atoms with van der Waals surface area (Å²) in [7, 11) is 0. The highest BCUT2D eigenvalue weighted by molar-refractivity contribution is 5.95. The van der Waals surface area contributed by atoms with Crippen molar-refractivity contribution in [3.05, 3.63) is 59.2 Å². The van der Waals surface area contributed by atoms with Gasteiger partial charge in [0.2, 0.25) is 0 Å². The van der Waals surface area contributed by atoms with Crippen LogP contribution in [0.1, 0.15) is 21.5 Å². The van der Waals surface area contributed by atoms with Gasteiger partial charge in [-0.05, 0) is 40.8 Å². The van der Waals surface area contributed by atoms with Gasteiger partial charge in [0.15, 0.2) is 0 Å². The van der Waals surface area contributed by atoms with Gasteiger partial charge in [0.05, 0.1) is 6.61 Å². The first-order valence-corrected chi connectivity index (χ1v) is 6.40. The Kier molecular flexibility index (Phi) is 3.05. The maximum atomic E-state index is 11.9. The largest absolute Gasteiger partial charge is 0.395 e. The van der Waals surface area contributed by atoms with Gasteiger partial charge in [-0.3, -0.25) is 4.79 Å². The van der Waals surface area contributed by atoms with Crippen molar-refractivity contribution in [2.45, 2.75) is 6.42 Å². The zero-order chi connectivity index (χ0) is 13.2. The van der Waals surface area contributed by atoms with Gasteiger partial charge in [0.25, 0.3) is 5.91 Å². The van der Waals surface area contributed by atoms with Gasteiger partial charge in [0.1, 0.15) is 0 Å². The smallest absolute Gasteiger partial charge is 0.251 e. The lowest BCUT2D eigenvalue weighted by Crippen LogP contribution is -2.26.